The summed E-state index contributed by atoms with van der Waals surface area (Å²) in [4.78, 5) is 24.5. The molecule has 0 unspecified atom stereocenters. The number of anilines is 1. The van der Waals surface area contributed by atoms with Crippen LogP contribution in [0.25, 0.3) is 11.4 Å². The zero-order chi connectivity index (χ0) is 18.7. The third-order valence-electron chi connectivity index (χ3n) is 4.26. The summed E-state index contributed by atoms with van der Waals surface area (Å²) in [7, 11) is 0. The van der Waals surface area contributed by atoms with Crippen molar-refractivity contribution < 1.29 is 22.5 Å². The molecule has 1 aliphatic rings. The molecule has 1 amide bonds. The fourth-order valence-corrected chi connectivity index (χ4v) is 2.82. The quantitative estimate of drug-likeness (QED) is 0.857. The van der Waals surface area contributed by atoms with E-state index in [-0.39, 0.29) is 17.3 Å². The molecule has 0 aliphatic carbocycles. The summed E-state index contributed by atoms with van der Waals surface area (Å²) in [6.07, 6.45) is 1.02. The van der Waals surface area contributed by atoms with Gasteiger partial charge in [-0.2, -0.15) is 18.2 Å². The molecule has 2 aromatic rings. The molecule has 3 rings (SSSR count). The van der Waals surface area contributed by atoms with Crippen LogP contribution in [0.1, 0.15) is 31.6 Å². The van der Waals surface area contributed by atoms with Gasteiger partial charge in [-0.3, -0.25) is 4.79 Å². The second kappa shape index (κ2) is 7.26. The van der Waals surface area contributed by atoms with Gasteiger partial charge in [-0.15, -0.1) is 0 Å². The van der Waals surface area contributed by atoms with Gasteiger partial charge in [-0.25, -0.2) is 9.97 Å². The van der Waals surface area contributed by atoms with E-state index in [0.717, 1.165) is 32.4 Å². The Hall–Kier alpha value is -2.72. The van der Waals surface area contributed by atoms with Crippen LogP contribution in [-0.4, -0.2) is 39.1 Å². The van der Waals surface area contributed by atoms with Crippen molar-refractivity contribution in [3.8, 4) is 11.4 Å². The number of alkyl halides is 3. The van der Waals surface area contributed by atoms with Crippen molar-refractivity contribution in [2.75, 3.05) is 18.0 Å². The highest BCUT2D eigenvalue weighted by molar-refractivity contribution is 5.73. The van der Waals surface area contributed by atoms with E-state index in [0.29, 0.717) is 18.3 Å². The molecule has 2 N–H and O–H groups in total. The van der Waals surface area contributed by atoms with Gasteiger partial charge in [0, 0.05) is 31.9 Å². The third-order valence-corrected chi connectivity index (χ3v) is 4.26. The standard InChI is InChI=1S/C15H17F3N6O2/c16-15(17,18)13-22-12(23-26-13)10-7-20-14(21-8-10)24-5-3-9(4-6-24)1-2-11(19)25/h7-9H,1-6H2,(H2,19,25). The number of primary amides is 1. The molecule has 2 aromatic heterocycles. The molecule has 0 aromatic carbocycles. The second-order valence-corrected chi connectivity index (χ2v) is 6.13. The highest BCUT2D eigenvalue weighted by atomic mass is 19.4. The maximum atomic E-state index is 12.5. The van der Waals surface area contributed by atoms with E-state index < -0.39 is 12.1 Å². The molecular weight excluding hydrogens is 353 g/mol. The highest BCUT2D eigenvalue weighted by Gasteiger charge is 2.38. The minimum absolute atomic E-state index is 0.214. The predicted octanol–water partition coefficient (Wildman–Crippen LogP) is 2.03. The Kier molecular flexibility index (Phi) is 5.05. The van der Waals surface area contributed by atoms with Gasteiger partial charge in [-0.05, 0) is 25.2 Å². The van der Waals surface area contributed by atoms with E-state index in [1.165, 1.54) is 12.4 Å². The Balaban J connectivity index is 1.60. The van der Waals surface area contributed by atoms with Gasteiger partial charge in [0.05, 0.1) is 5.56 Å². The van der Waals surface area contributed by atoms with Gasteiger partial charge in [0.25, 0.3) is 0 Å². The van der Waals surface area contributed by atoms with Crippen molar-refractivity contribution in [1.82, 2.24) is 20.1 Å². The van der Waals surface area contributed by atoms with Gasteiger partial charge in [0.15, 0.2) is 0 Å². The molecule has 0 saturated carbocycles. The lowest BCUT2D eigenvalue weighted by molar-refractivity contribution is -0.159. The Morgan fingerprint density at radius 1 is 1.27 bits per heavy atom. The summed E-state index contributed by atoms with van der Waals surface area (Å²) in [6.45, 7) is 1.48. The van der Waals surface area contributed by atoms with E-state index in [9.17, 15) is 18.0 Å². The summed E-state index contributed by atoms with van der Waals surface area (Å²) in [5, 5.41) is 3.30. The molecule has 11 heteroatoms. The number of carbonyl (C=O) groups is 1. The molecule has 0 radical (unpaired) electrons. The van der Waals surface area contributed by atoms with Crippen molar-refractivity contribution >= 4 is 11.9 Å². The van der Waals surface area contributed by atoms with Crippen molar-refractivity contribution in [2.45, 2.75) is 31.9 Å². The molecular formula is C15H17F3N6O2. The Morgan fingerprint density at radius 2 is 1.92 bits per heavy atom. The first-order valence-corrected chi connectivity index (χ1v) is 8.09. The number of amides is 1. The Labute approximate surface area is 146 Å². The van der Waals surface area contributed by atoms with Gasteiger partial charge in [0.2, 0.25) is 17.7 Å². The minimum atomic E-state index is -4.69. The maximum Gasteiger partial charge on any atom is 0.471 e. The van der Waals surface area contributed by atoms with Gasteiger partial charge in [0.1, 0.15) is 0 Å². The predicted molar refractivity (Wildman–Crippen MR) is 83.7 cm³/mol. The number of halogens is 3. The number of rotatable bonds is 5. The molecule has 1 saturated heterocycles. The minimum Gasteiger partial charge on any atom is -0.370 e. The first-order chi connectivity index (χ1) is 12.3. The maximum absolute atomic E-state index is 12.5. The fourth-order valence-electron chi connectivity index (χ4n) is 2.82. The van der Waals surface area contributed by atoms with Crippen molar-refractivity contribution in [2.24, 2.45) is 11.7 Å². The molecule has 0 atom stereocenters. The van der Waals surface area contributed by atoms with Crippen LogP contribution in [0.3, 0.4) is 0 Å². The van der Waals surface area contributed by atoms with E-state index in [1.54, 1.807) is 0 Å². The van der Waals surface area contributed by atoms with Crippen LogP contribution in [0, 0.1) is 5.92 Å². The Bertz CT molecular complexity index is 753. The number of hydrogen-bond acceptors (Lipinski definition) is 7. The lowest BCUT2D eigenvalue weighted by Gasteiger charge is -2.31. The van der Waals surface area contributed by atoms with E-state index >= 15 is 0 Å². The first-order valence-electron chi connectivity index (χ1n) is 8.09. The number of nitrogens with zero attached hydrogens (tertiary/aromatic N) is 5. The third kappa shape index (κ3) is 4.27. The summed E-state index contributed by atoms with van der Waals surface area (Å²) < 4.78 is 41.7. The average Bonchev–Trinajstić information content (AvgIpc) is 3.11. The lowest BCUT2D eigenvalue weighted by atomic mass is 9.92. The van der Waals surface area contributed by atoms with Crippen LogP contribution >= 0.6 is 0 Å². The van der Waals surface area contributed by atoms with Crippen molar-refractivity contribution in [1.29, 1.82) is 0 Å². The summed E-state index contributed by atoms with van der Waals surface area (Å²) in [6, 6.07) is 0. The molecule has 8 nitrogen and oxygen atoms in total. The summed E-state index contributed by atoms with van der Waals surface area (Å²) in [5.74, 6) is -0.982. The topological polar surface area (TPSA) is 111 Å². The monoisotopic (exact) mass is 370 g/mol. The number of aromatic nitrogens is 4. The van der Waals surface area contributed by atoms with Crippen molar-refractivity contribution in [3.63, 3.8) is 0 Å². The molecule has 0 bridgehead atoms. The highest BCUT2D eigenvalue weighted by Crippen LogP contribution is 2.29. The van der Waals surface area contributed by atoms with Crippen LogP contribution in [-0.2, 0) is 11.0 Å². The average molecular weight is 370 g/mol. The molecule has 1 aliphatic heterocycles. The zero-order valence-electron chi connectivity index (χ0n) is 13.7. The van der Waals surface area contributed by atoms with E-state index in [4.69, 9.17) is 5.73 Å². The van der Waals surface area contributed by atoms with Gasteiger partial charge >= 0.3 is 12.1 Å². The van der Waals surface area contributed by atoms with Crippen LogP contribution in [0.15, 0.2) is 16.9 Å². The SMILES string of the molecule is NC(=O)CCC1CCN(c2ncc(-c3noc(C(F)(F)F)n3)cn2)CC1. The normalized spacial score (nSPS) is 16.0. The number of nitrogens with two attached hydrogens (primary N) is 1. The van der Waals surface area contributed by atoms with E-state index in [2.05, 4.69) is 24.6 Å². The first kappa shape index (κ1) is 18.1. The van der Waals surface area contributed by atoms with E-state index in [1.807, 2.05) is 4.90 Å². The molecule has 26 heavy (non-hydrogen) atoms. The number of piperidine rings is 1. The smallest absolute Gasteiger partial charge is 0.370 e. The summed E-state index contributed by atoms with van der Waals surface area (Å²) >= 11 is 0. The number of hydrogen-bond donors (Lipinski definition) is 1. The van der Waals surface area contributed by atoms with Gasteiger partial charge < -0.3 is 15.2 Å². The molecule has 140 valence electrons. The fraction of sp³-hybridized carbons (Fsp3) is 0.533. The summed E-state index contributed by atoms with van der Waals surface area (Å²) in [5.41, 5.74) is 5.41. The molecule has 3 heterocycles. The Morgan fingerprint density at radius 3 is 2.46 bits per heavy atom. The van der Waals surface area contributed by atoms with Crippen LogP contribution in [0.5, 0.6) is 0 Å². The molecule has 0 spiro atoms. The lowest BCUT2D eigenvalue weighted by Crippen LogP contribution is -2.35. The number of carbonyl (C=O) groups excluding carboxylic acids is 1. The van der Waals surface area contributed by atoms with Crippen LogP contribution in [0.4, 0.5) is 19.1 Å². The second-order valence-electron chi connectivity index (χ2n) is 6.13. The zero-order valence-corrected chi connectivity index (χ0v) is 13.7. The molecule has 1 fully saturated rings. The van der Waals surface area contributed by atoms with Crippen molar-refractivity contribution in [3.05, 3.63) is 18.3 Å². The van der Waals surface area contributed by atoms with Gasteiger partial charge in [-0.1, -0.05) is 5.16 Å². The largest absolute Gasteiger partial charge is 0.471 e. The van der Waals surface area contributed by atoms with Crippen LogP contribution < -0.4 is 10.6 Å². The van der Waals surface area contributed by atoms with Crippen LogP contribution in [0.2, 0.25) is 0 Å².